The number of phenolic OH excluding ortho intramolecular Hbond substituents is 2. The molecule has 0 saturated heterocycles. The smallest absolute Gasteiger partial charge is 0.145 e. The van der Waals surface area contributed by atoms with Crippen molar-refractivity contribution in [2.24, 2.45) is 4.99 Å². The molecule has 16 heavy (non-hydrogen) atoms. The van der Waals surface area contributed by atoms with Gasteiger partial charge in [0.1, 0.15) is 16.9 Å². The number of fused-ring (bicyclic) bond motifs is 2. The SMILES string of the molecule is Cc1c(C)c(O)c2c(c1O)=NC1=CCCC=21. The Morgan fingerprint density at radius 2 is 1.81 bits per heavy atom. The standard InChI is InChI=1S/C13H13NO2/c1-6-7(2)13(16)11-10(12(6)15)8-4-3-5-9(8)14-11/h5,15-16H,3-4H2,1-2H3. The van der Waals surface area contributed by atoms with Crippen molar-refractivity contribution < 1.29 is 10.2 Å². The molecule has 1 aromatic carbocycles. The summed E-state index contributed by atoms with van der Waals surface area (Å²) in [6.07, 6.45) is 3.93. The van der Waals surface area contributed by atoms with E-state index >= 15 is 0 Å². The summed E-state index contributed by atoms with van der Waals surface area (Å²) in [5.41, 5.74) is 3.45. The van der Waals surface area contributed by atoms with Crippen LogP contribution in [0.3, 0.4) is 0 Å². The number of aromatic hydroxyl groups is 2. The first-order valence-corrected chi connectivity index (χ1v) is 5.44. The highest BCUT2D eigenvalue weighted by Crippen LogP contribution is 2.31. The van der Waals surface area contributed by atoms with Crippen LogP contribution in [0, 0.1) is 13.8 Å². The van der Waals surface area contributed by atoms with E-state index in [-0.39, 0.29) is 11.5 Å². The highest BCUT2D eigenvalue weighted by atomic mass is 16.3. The van der Waals surface area contributed by atoms with Gasteiger partial charge in [-0.2, -0.15) is 0 Å². The average molecular weight is 215 g/mol. The Labute approximate surface area is 93.1 Å². The van der Waals surface area contributed by atoms with Crippen LogP contribution in [-0.4, -0.2) is 10.2 Å². The molecule has 1 aromatic rings. The molecule has 3 rings (SSSR count). The quantitative estimate of drug-likeness (QED) is 0.638. The van der Waals surface area contributed by atoms with Crippen LogP contribution in [0.5, 0.6) is 11.5 Å². The number of hydrogen-bond acceptors (Lipinski definition) is 3. The van der Waals surface area contributed by atoms with E-state index in [0.717, 1.165) is 34.9 Å². The van der Waals surface area contributed by atoms with Crippen molar-refractivity contribution in [1.82, 2.24) is 0 Å². The van der Waals surface area contributed by atoms with Gasteiger partial charge in [0.05, 0.1) is 10.9 Å². The summed E-state index contributed by atoms with van der Waals surface area (Å²) in [4.78, 5) is 4.39. The molecule has 0 unspecified atom stereocenters. The largest absolute Gasteiger partial charge is 0.507 e. The average Bonchev–Trinajstić information content (AvgIpc) is 2.82. The normalized spacial score (nSPS) is 16.9. The molecular formula is C13H13NO2. The van der Waals surface area contributed by atoms with Gasteiger partial charge in [0.15, 0.2) is 0 Å². The Morgan fingerprint density at radius 1 is 1.12 bits per heavy atom. The van der Waals surface area contributed by atoms with E-state index in [9.17, 15) is 10.2 Å². The van der Waals surface area contributed by atoms with Crippen molar-refractivity contribution in [3.8, 4) is 11.5 Å². The molecule has 0 bridgehead atoms. The minimum atomic E-state index is 0.202. The summed E-state index contributed by atoms with van der Waals surface area (Å²) in [5, 5.41) is 21.5. The van der Waals surface area contributed by atoms with Crippen LogP contribution in [0.1, 0.15) is 24.0 Å². The van der Waals surface area contributed by atoms with Crippen molar-refractivity contribution in [2.45, 2.75) is 26.7 Å². The van der Waals surface area contributed by atoms with Gasteiger partial charge in [-0.05, 0) is 43.4 Å². The van der Waals surface area contributed by atoms with Crippen LogP contribution in [0.15, 0.2) is 16.8 Å². The predicted octanol–water partition coefficient (Wildman–Crippen LogP) is 1.18. The lowest BCUT2D eigenvalue weighted by atomic mass is 10.0. The highest BCUT2D eigenvalue weighted by molar-refractivity contribution is 5.72. The summed E-state index contributed by atoms with van der Waals surface area (Å²) in [6, 6.07) is 0. The molecule has 3 heteroatoms. The molecule has 82 valence electrons. The molecular weight excluding hydrogens is 202 g/mol. The monoisotopic (exact) mass is 215 g/mol. The number of benzene rings is 1. The second kappa shape index (κ2) is 2.88. The van der Waals surface area contributed by atoms with Crippen LogP contribution in [-0.2, 0) is 0 Å². The lowest BCUT2D eigenvalue weighted by Crippen LogP contribution is -2.25. The molecule has 0 spiro atoms. The lowest BCUT2D eigenvalue weighted by molar-refractivity contribution is 0.443. The summed E-state index contributed by atoms with van der Waals surface area (Å²) in [7, 11) is 0. The maximum absolute atomic E-state index is 10.2. The van der Waals surface area contributed by atoms with Gasteiger partial charge in [-0.3, -0.25) is 0 Å². The van der Waals surface area contributed by atoms with E-state index in [1.54, 1.807) is 6.92 Å². The lowest BCUT2D eigenvalue weighted by Gasteiger charge is -2.06. The van der Waals surface area contributed by atoms with Gasteiger partial charge < -0.3 is 10.2 Å². The molecule has 3 nitrogen and oxygen atoms in total. The number of allylic oxidation sites excluding steroid dienone is 2. The molecule has 0 aromatic heterocycles. The molecule has 0 atom stereocenters. The molecule has 2 N–H and O–H groups in total. The molecule has 0 radical (unpaired) electrons. The second-order valence-electron chi connectivity index (χ2n) is 4.39. The first-order valence-electron chi connectivity index (χ1n) is 5.44. The van der Waals surface area contributed by atoms with Gasteiger partial charge in [-0.15, -0.1) is 0 Å². The zero-order valence-electron chi connectivity index (χ0n) is 9.33. The molecule has 2 aliphatic rings. The fourth-order valence-corrected chi connectivity index (χ4v) is 2.44. The molecule has 0 fully saturated rings. The molecule has 1 aliphatic heterocycles. The zero-order valence-corrected chi connectivity index (χ0v) is 9.33. The predicted molar refractivity (Wildman–Crippen MR) is 60.8 cm³/mol. The van der Waals surface area contributed by atoms with Gasteiger partial charge in [-0.1, -0.05) is 6.08 Å². The first-order chi connectivity index (χ1) is 7.61. The fraction of sp³-hybridized carbons (Fsp3) is 0.308. The minimum absolute atomic E-state index is 0.202. The minimum Gasteiger partial charge on any atom is -0.507 e. The van der Waals surface area contributed by atoms with Crippen LogP contribution in [0.2, 0.25) is 0 Å². The third kappa shape index (κ3) is 0.953. The number of hydrogen-bond donors (Lipinski definition) is 2. The van der Waals surface area contributed by atoms with Crippen molar-refractivity contribution in [1.29, 1.82) is 0 Å². The van der Waals surface area contributed by atoms with Crippen LogP contribution >= 0.6 is 0 Å². The van der Waals surface area contributed by atoms with E-state index < -0.39 is 0 Å². The van der Waals surface area contributed by atoms with E-state index in [1.165, 1.54) is 0 Å². The highest BCUT2D eigenvalue weighted by Gasteiger charge is 2.23. The fourth-order valence-electron chi connectivity index (χ4n) is 2.44. The zero-order chi connectivity index (χ0) is 11.4. The Kier molecular flexibility index (Phi) is 1.70. The number of nitrogens with zero attached hydrogens (tertiary/aromatic N) is 1. The van der Waals surface area contributed by atoms with Gasteiger partial charge in [-0.25, -0.2) is 4.99 Å². The molecule has 0 amide bonds. The van der Waals surface area contributed by atoms with Gasteiger partial charge in [0, 0.05) is 0 Å². The third-order valence-corrected chi connectivity index (χ3v) is 3.55. The van der Waals surface area contributed by atoms with Gasteiger partial charge >= 0.3 is 0 Å². The topological polar surface area (TPSA) is 52.8 Å². The summed E-state index contributed by atoms with van der Waals surface area (Å²) >= 11 is 0. The van der Waals surface area contributed by atoms with Crippen molar-refractivity contribution in [2.75, 3.05) is 0 Å². The van der Waals surface area contributed by atoms with E-state index in [4.69, 9.17) is 0 Å². The maximum atomic E-state index is 10.2. The maximum Gasteiger partial charge on any atom is 0.145 e. The molecule has 0 saturated carbocycles. The molecule has 1 heterocycles. The Balaban J connectivity index is 2.59. The van der Waals surface area contributed by atoms with Crippen LogP contribution in [0.4, 0.5) is 0 Å². The van der Waals surface area contributed by atoms with Crippen molar-refractivity contribution >= 4 is 5.57 Å². The molecule has 1 aliphatic carbocycles. The number of phenols is 2. The van der Waals surface area contributed by atoms with Crippen LogP contribution < -0.4 is 10.6 Å². The first kappa shape index (κ1) is 9.46. The Hall–Kier alpha value is -1.77. The summed E-state index contributed by atoms with van der Waals surface area (Å²) in [6.45, 7) is 3.62. The van der Waals surface area contributed by atoms with Crippen molar-refractivity contribution in [3.05, 3.63) is 33.5 Å². The summed E-state index contributed by atoms with van der Waals surface area (Å²) in [5.74, 6) is 0.474. The number of rotatable bonds is 0. The Morgan fingerprint density at radius 3 is 2.56 bits per heavy atom. The van der Waals surface area contributed by atoms with E-state index in [1.807, 2.05) is 6.92 Å². The Bertz CT molecular complexity index is 654. The van der Waals surface area contributed by atoms with E-state index in [2.05, 4.69) is 11.1 Å². The van der Waals surface area contributed by atoms with E-state index in [0.29, 0.717) is 10.9 Å². The third-order valence-electron chi connectivity index (χ3n) is 3.55. The van der Waals surface area contributed by atoms with Gasteiger partial charge in [0.2, 0.25) is 0 Å². The van der Waals surface area contributed by atoms with Crippen molar-refractivity contribution in [3.63, 3.8) is 0 Å². The second-order valence-corrected chi connectivity index (χ2v) is 4.39. The van der Waals surface area contributed by atoms with Crippen LogP contribution in [0.25, 0.3) is 5.57 Å². The van der Waals surface area contributed by atoms with Gasteiger partial charge in [0.25, 0.3) is 0 Å². The summed E-state index contributed by atoms with van der Waals surface area (Å²) < 4.78 is 0.